The van der Waals surface area contributed by atoms with Crippen molar-refractivity contribution in [3.8, 4) is 0 Å². The van der Waals surface area contributed by atoms with E-state index >= 15 is 0 Å². The predicted molar refractivity (Wildman–Crippen MR) is 75.8 cm³/mol. The van der Waals surface area contributed by atoms with Crippen LogP contribution in [0.25, 0.3) is 0 Å². The Labute approximate surface area is 195 Å². The first-order chi connectivity index (χ1) is 11.4. The van der Waals surface area contributed by atoms with Crippen LogP contribution < -0.4 is 24.5 Å². The zero-order valence-electron chi connectivity index (χ0n) is 12.1. The molecule has 27 heteroatoms. The Morgan fingerprint density at radius 2 is 0.444 bits per heavy atom. The average Bonchev–Trinajstić information content (AvgIpc) is 2.56. The van der Waals surface area contributed by atoms with Crippen molar-refractivity contribution < 1.29 is 98.6 Å². The second kappa shape index (κ2) is 43.1. The van der Waals surface area contributed by atoms with Crippen LogP contribution >= 0.6 is 43.0 Å². The molecule has 0 radical (unpaired) electrons. The molecule has 0 aromatic carbocycles. The van der Waals surface area contributed by atoms with Crippen LogP contribution in [0.5, 0.6) is 0 Å². The normalized spacial score (nSPS) is 13.9. The Bertz CT molecular complexity index is 147. The summed E-state index contributed by atoms with van der Waals surface area (Å²) in [6.07, 6.45) is 0. The molecule has 20 nitrogen and oxygen atoms in total. The van der Waals surface area contributed by atoms with Crippen molar-refractivity contribution in [2.45, 2.75) is 0 Å². The van der Waals surface area contributed by atoms with Crippen molar-refractivity contribution in [1.29, 1.82) is 0 Å². The molecule has 27 heavy (non-hydrogen) atoms. The number of hydrogen-bond donors (Lipinski definition) is 10. The van der Waals surface area contributed by atoms with Crippen LogP contribution in [0.2, 0.25) is 0 Å². The second-order valence-corrected chi connectivity index (χ2v) is 4.79. The molecule has 0 aliphatic heterocycles. The van der Waals surface area contributed by atoms with Gasteiger partial charge in [0.05, 0.1) is 0 Å². The van der Waals surface area contributed by atoms with Crippen molar-refractivity contribution >= 4 is 98.1 Å². The largest absolute Gasteiger partial charge is 3.00 e. The SMILES string of the molecule is [Al+3].[Ca+2].[O-]P(O)OO.[O-]P(O)OO.[O-]P(O)OO.[O-]P(O)OO.[O-]P(O)OO. The molecule has 160 valence electrons. The van der Waals surface area contributed by atoms with Crippen molar-refractivity contribution in [3.63, 3.8) is 0 Å². The van der Waals surface area contributed by atoms with Gasteiger partial charge in [-0.3, -0.25) is 0 Å². The van der Waals surface area contributed by atoms with Gasteiger partial charge in [-0.2, -0.15) is 0 Å². The summed E-state index contributed by atoms with van der Waals surface area (Å²) < 4.78 is 14.1. The minimum absolute atomic E-state index is 0. The quantitative estimate of drug-likeness (QED) is 0.0658. The van der Waals surface area contributed by atoms with Crippen LogP contribution in [0.15, 0.2) is 0 Å². The molecule has 0 aliphatic rings. The van der Waals surface area contributed by atoms with Crippen LogP contribution in [0.1, 0.15) is 0 Å². The first-order valence-corrected chi connectivity index (χ1v) is 9.39. The smallest absolute Gasteiger partial charge is 0.784 e. The fourth-order valence-corrected chi connectivity index (χ4v) is 0. The molecule has 0 rings (SSSR count). The van der Waals surface area contributed by atoms with E-state index in [2.05, 4.69) is 23.4 Å². The summed E-state index contributed by atoms with van der Waals surface area (Å²) >= 11 is 0. The second-order valence-electron chi connectivity index (χ2n) is 1.60. The fraction of sp³-hybridized carbons (Fsp3) is 0. The summed E-state index contributed by atoms with van der Waals surface area (Å²) in [7, 11) is -14.0. The van der Waals surface area contributed by atoms with E-state index in [1.807, 2.05) is 0 Å². The Morgan fingerprint density at radius 3 is 0.444 bits per heavy atom. The van der Waals surface area contributed by atoms with Gasteiger partial charge >= 0.3 is 55.1 Å². The Hall–Kier alpha value is 3.14. The third kappa shape index (κ3) is 124. The summed E-state index contributed by atoms with van der Waals surface area (Å²) in [5, 5.41) is 35.5. The standard InChI is InChI=1S/Al.Ca.5H2O4P/c;;5*1-4-5(2)3/h;;5*1-2H/q+3;+2;5*-1. The molecule has 0 amide bonds. The van der Waals surface area contributed by atoms with E-state index in [1.165, 1.54) is 0 Å². The Kier molecular flexibility index (Phi) is 76.3. The van der Waals surface area contributed by atoms with Crippen molar-refractivity contribution in [1.82, 2.24) is 0 Å². The van der Waals surface area contributed by atoms with Crippen molar-refractivity contribution in [2.24, 2.45) is 0 Å². The minimum Gasteiger partial charge on any atom is -0.784 e. The van der Waals surface area contributed by atoms with Crippen LogP contribution in [0.4, 0.5) is 0 Å². The number of hydrogen-bond acceptors (Lipinski definition) is 20. The van der Waals surface area contributed by atoms with Crippen molar-refractivity contribution in [2.75, 3.05) is 0 Å². The Balaban J connectivity index is -0.0000000364. The molecule has 0 aromatic heterocycles. The van der Waals surface area contributed by atoms with Gasteiger partial charge in [0.15, 0.2) is 0 Å². The minimum atomic E-state index is -2.79. The van der Waals surface area contributed by atoms with Gasteiger partial charge in [-0.1, -0.05) is 0 Å². The van der Waals surface area contributed by atoms with E-state index in [4.69, 9.17) is 75.2 Å². The average molecular weight is 552 g/mol. The van der Waals surface area contributed by atoms with E-state index < -0.39 is 43.0 Å². The third-order valence-electron chi connectivity index (χ3n) is 0.349. The zero-order chi connectivity index (χ0) is 21.4. The fourth-order valence-electron chi connectivity index (χ4n) is 0. The first-order valence-electron chi connectivity index (χ1n) is 3.74. The molecule has 5 unspecified atom stereocenters. The Morgan fingerprint density at radius 1 is 0.407 bits per heavy atom. The maximum Gasteiger partial charge on any atom is 3.00 e. The molecule has 0 heterocycles. The van der Waals surface area contributed by atoms with Crippen LogP contribution in [-0.2, 0) is 23.4 Å². The molecule has 10 N–H and O–H groups in total. The molecule has 0 spiro atoms. The van der Waals surface area contributed by atoms with E-state index in [1.54, 1.807) is 0 Å². The summed E-state index contributed by atoms with van der Waals surface area (Å²) in [6, 6.07) is 0. The van der Waals surface area contributed by atoms with Gasteiger partial charge in [0.25, 0.3) is 0 Å². The van der Waals surface area contributed by atoms with Crippen molar-refractivity contribution in [3.05, 3.63) is 0 Å². The van der Waals surface area contributed by atoms with Crippen LogP contribution in [0, 0.1) is 0 Å². The summed E-state index contributed by atoms with van der Waals surface area (Å²) in [6.45, 7) is 0. The predicted octanol–water partition coefficient (Wildman–Crippen LogP) is -5.48. The van der Waals surface area contributed by atoms with Gasteiger partial charge in [-0.05, 0) is 0 Å². The molecule has 0 fully saturated rings. The van der Waals surface area contributed by atoms with E-state index in [0.29, 0.717) is 0 Å². The van der Waals surface area contributed by atoms with Gasteiger partial charge in [-0.15, -0.1) is 0 Å². The molecule has 0 saturated heterocycles. The number of rotatable bonds is 5. The maximum absolute atomic E-state index is 9.04. The van der Waals surface area contributed by atoms with Crippen LogP contribution in [-0.4, -0.2) is 106 Å². The van der Waals surface area contributed by atoms with Gasteiger partial charge in [0.1, 0.15) is 43.0 Å². The van der Waals surface area contributed by atoms with E-state index in [9.17, 15) is 0 Å². The van der Waals surface area contributed by atoms with Gasteiger partial charge < -0.3 is 48.9 Å². The molecule has 5 atom stereocenters. The van der Waals surface area contributed by atoms with E-state index in [0.717, 1.165) is 0 Å². The zero-order valence-corrected chi connectivity index (χ0v) is 19.9. The molecule has 0 aromatic rings. The molecule has 0 aliphatic carbocycles. The summed E-state index contributed by atoms with van der Waals surface area (Å²) in [5.41, 5.74) is 0. The van der Waals surface area contributed by atoms with E-state index in [-0.39, 0.29) is 55.1 Å². The summed E-state index contributed by atoms with van der Waals surface area (Å²) in [4.78, 5) is 82.2. The first kappa shape index (κ1) is 47.8. The maximum atomic E-state index is 9.04. The van der Waals surface area contributed by atoms with Gasteiger partial charge in [0.2, 0.25) is 0 Å². The third-order valence-corrected chi connectivity index (χ3v) is 1.05. The molecular formula is H10AlCaO20P5. The van der Waals surface area contributed by atoms with Crippen LogP contribution in [0.3, 0.4) is 0 Å². The summed E-state index contributed by atoms with van der Waals surface area (Å²) in [5.74, 6) is 0. The molecular weight excluding hydrogens is 542 g/mol. The van der Waals surface area contributed by atoms with Gasteiger partial charge in [0, 0.05) is 0 Å². The monoisotopic (exact) mass is 552 g/mol. The molecule has 0 saturated carbocycles. The van der Waals surface area contributed by atoms with Gasteiger partial charge in [-0.25, -0.2) is 49.7 Å². The topological polar surface area (TPSA) is 364 Å². The molecule has 0 bridgehead atoms.